The summed E-state index contributed by atoms with van der Waals surface area (Å²) in [6.45, 7) is 0. The van der Waals surface area contributed by atoms with Crippen molar-refractivity contribution in [1.29, 1.82) is 0 Å². The van der Waals surface area contributed by atoms with Crippen molar-refractivity contribution in [3.05, 3.63) is 65.2 Å². The zero-order valence-corrected chi connectivity index (χ0v) is 11.1. The molecule has 4 heteroatoms. The van der Waals surface area contributed by atoms with E-state index in [-0.39, 0.29) is 10.8 Å². The van der Waals surface area contributed by atoms with Crippen LogP contribution >= 0.6 is 0 Å². The van der Waals surface area contributed by atoms with Gasteiger partial charge in [-0.2, -0.15) is 8.42 Å². The van der Waals surface area contributed by atoms with Gasteiger partial charge in [0.2, 0.25) is 0 Å². The Kier molecular flexibility index (Phi) is 2.92. The Bertz CT molecular complexity index is 695. The van der Waals surface area contributed by atoms with Crippen molar-refractivity contribution < 1.29 is 13.0 Å². The van der Waals surface area contributed by atoms with Crippen molar-refractivity contribution in [2.75, 3.05) is 0 Å². The molecule has 0 bridgehead atoms. The van der Waals surface area contributed by atoms with Gasteiger partial charge in [-0.3, -0.25) is 4.55 Å². The van der Waals surface area contributed by atoms with Crippen LogP contribution in [0.5, 0.6) is 0 Å². The molecule has 2 aromatic carbocycles. The molecule has 0 aliphatic heterocycles. The van der Waals surface area contributed by atoms with Crippen LogP contribution in [0.3, 0.4) is 0 Å². The van der Waals surface area contributed by atoms with E-state index < -0.39 is 10.1 Å². The van der Waals surface area contributed by atoms with Gasteiger partial charge in [0.15, 0.2) is 0 Å². The summed E-state index contributed by atoms with van der Waals surface area (Å²) in [6, 6.07) is 14.8. The summed E-state index contributed by atoms with van der Waals surface area (Å²) in [5.74, 6) is 0.121. The Morgan fingerprint density at radius 2 is 1.42 bits per heavy atom. The quantitative estimate of drug-likeness (QED) is 0.857. The van der Waals surface area contributed by atoms with Crippen molar-refractivity contribution in [3.8, 4) is 0 Å². The molecule has 0 heterocycles. The smallest absolute Gasteiger partial charge is 0.282 e. The zero-order chi connectivity index (χ0) is 13.5. The maximum absolute atomic E-state index is 11.4. The highest BCUT2D eigenvalue weighted by atomic mass is 32.2. The lowest BCUT2D eigenvalue weighted by atomic mass is 9.96. The van der Waals surface area contributed by atoms with Gasteiger partial charge in [0.05, 0.1) is 4.90 Å². The first-order chi connectivity index (χ1) is 9.05. The first kappa shape index (κ1) is 12.4. The van der Waals surface area contributed by atoms with Gasteiger partial charge in [0.1, 0.15) is 0 Å². The lowest BCUT2D eigenvalue weighted by molar-refractivity contribution is 0.480. The largest absolute Gasteiger partial charge is 0.294 e. The topological polar surface area (TPSA) is 54.4 Å². The van der Waals surface area contributed by atoms with Crippen molar-refractivity contribution in [1.82, 2.24) is 0 Å². The number of hydrogen-bond donors (Lipinski definition) is 1. The molecule has 3 rings (SSSR count). The van der Waals surface area contributed by atoms with E-state index in [0.717, 1.165) is 12.8 Å². The summed E-state index contributed by atoms with van der Waals surface area (Å²) in [7, 11) is -4.16. The fraction of sp³-hybridized carbons (Fsp3) is 0.200. The van der Waals surface area contributed by atoms with E-state index in [1.165, 1.54) is 17.2 Å². The number of fused-ring (bicyclic) bond motifs is 1. The molecule has 0 fully saturated rings. The van der Waals surface area contributed by atoms with Gasteiger partial charge < -0.3 is 0 Å². The van der Waals surface area contributed by atoms with Crippen LogP contribution in [-0.2, 0) is 23.0 Å². The fourth-order valence-corrected chi connectivity index (χ4v) is 3.61. The molecule has 0 spiro atoms. The van der Waals surface area contributed by atoms with Gasteiger partial charge in [-0.1, -0.05) is 42.5 Å². The molecule has 0 saturated carbocycles. The van der Waals surface area contributed by atoms with Crippen LogP contribution in [0.4, 0.5) is 0 Å². The van der Waals surface area contributed by atoms with Crippen LogP contribution in [0, 0.1) is 0 Å². The van der Waals surface area contributed by atoms with Crippen LogP contribution in [-0.4, -0.2) is 13.0 Å². The highest BCUT2D eigenvalue weighted by Crippen LogP contribution is 2.36. The van der Waals surface area contributed by atoms with Gasteiger partial charge in [0.25, 0.3) is 10.1 Å². The lowest BCUT2D eigenvalue weighted by Gasteiger charge is -2.13. The van der Waals surface area contributed by atoms with E-state index in [1.807, 2.05) is 18.2 Å². The molecule has 3 nitrogen and oxygen atoms in total. The predicted molar refractivity (Wildman–Crippen MR) is 72.8 cm³/mol. The van der Waals surface area contributed by atoms with Gasteiger partial charge in [-0.15, -0.1) is 0 Å². The molecule has 0 unspecified atom stereocenters. The highest BCUT2D eigenvalue weighted by Gasteiger charge is 2.27. The third-order valence-corrected chi connectivity index (χ3v) is 4.62. The summed E-state index contributed by atoms with van der Waals surface area (Å²) in [6.07, 6.45) is 1.64. The Balaban J connectivity index is 2.03. The van der Waals surface area contributed by atoms with E-state index >= 15 is 0 Å². The van der Waals surface area contributed by atoms with Gasteiger partial charge >= 0.3 is 0 Å². The molecule has 0 amide bonds. The molecule has 1 N–H and O–H groups in total. The van der Waals surface area contributed by atoms with E-state index in [4.69, 9.17) is 0 Å². The Morgan fingerprint density at radius 1 is 0.895 bits per heavy atom. The molecular formula is C15H14O3S. The van der Waals surface area contributed by atoms with Crippen LogP contribution in [0.25, 0.3) is 0 Å². The second kappa shape index (κ2) is 4.47. The second-order valence-corrected chi connectivity index (χ2v) is 6.28. The summed E-state index contributed by atoms with van der Waals surface area (Å²) < 4.78 is 32.2. The minimum Gasteiger partial charge on any atom is -0.282 e. The summed E-state index contributed by atoms with van der Waals surface area (Å²) >= 11 is 0. The van der Waals surface area contributed by atoms with Crippen molar-refractivity contribution in [3.63, 3.8) is 0 Å². The summed E-state index contributed by atoms with van der Waals surface area (Å²) in [4.78, 5) is 0.0350. The van der Waals surface area contributed by atoms with E-state index in [1.54, 1.807) is 12.1 Å². The maximum Gasteiger partial charge on any atom is 0.294 e. The van der Waals surface area contributed by atoms with Crippen molar-refractivity contribution in [2.24, 2.45) is 0 Å². The highest BCUT2D eigenvalue weighted by molar-refractivity contribution is 7.85. The Labute approximate surface area is 112 Å². The Hall–Kier alpha value is -1.65. The van der Waals surface area contributed by atoms with Crippen LogP contribution < -0.4 is 0 Å². The molecule has 19 heavy (non-hydrogen) atoms. The van der Waals surface area contributed by atoms with Crippen molar-refractivity contribution >= 4 is 10.1 Å². The first-order valence-corrected chi connectivity index (χ1v) is 7.63. The van der Waals surface area contributed by atoms with Crippen LogP contribution in [0.2, 0.25) is 0 Å². The SMILES string of the molecule is O=S(=O)(O)c1ccccc1C1Cc2ccccc2C1. The third kappa shape index (κ3) is 2.29. The van der Waals surface area contributed by atoms with Gasteiger partial charge in [-0.05, 0) is 41.5 Å². The number of hydrogen-bond acceptors (Lipinski definition) is 2. The van der Waals surface area contributed by atoms with Crippen LogP contribution in [0.15, 0.2) is 53.4 Å². The van der Waals surface area contributed by atoms with E-state index in [2.05, 4.69) is 12.1 Å². The zero-order valence-electron chi connectivity index (χ0n) is 10.3. The average molecular weight is 274 g/mol. The second-order valence-electron chi connectivity index (χ2n) is 4.89. The van der Waals surface area contributed by atoms with Gasteiger partial charge in [-0.25, -0.2) is 0 Å². The molecule has 0 radical (unpaired) electrons. The molecule has 2 aromatic rings. The molecule has 0 saturated heterocycles. The molecule has 0 atom stereocenters. The number of rotatable bonds is 2. The maximum atomic E-state index is 11.4. The summed E-state index contributed by atoms with van der Waals surface area (Å²) in [5, 5.41) is 0. The monoisotopic (exact) mass is 274 g/mol. The number of benzene rings is 2. The van der Waals surface area contributed by atoms with Crippen molar-refractivity contribution in [2.45, 2.75) is 23.7 Å². The van der Waals surface area contributed by atoms with Crippen LogP contribution in [0.1, 0.15) is 22.6 Å². The molecular weight excluding hydrogens is 260 g/mol. The normalized spacial score (nSPS) is 15.4. The molecule has 1 aliphatic rings. The third-order valence-electron chi connectivity index (χ3n) is 3.69. The fourth-order valence-electron chi connectivity index (χ4n) is 2.83. The Morgan fingerprint density at radius 3 is 2.00 bits per heavy atom. The van der Waals surface area contributed by atoms with E-state index in [0.29, 0.717) is 5.56 Å². The summed E-state index contributed by atoms with van der Waals surface area (Å²) in [5.41, 5.74) is 3.23. The minimum absolute atomic E-state index is 0.0350. The lowest BCUT2D eigenvalue weighted by Crippen LogP contribution is -2.07. The standard InChI is InChI=1S/C15H14O3S/c16-19(17,18)15-8-4-3-7-14(15)13-9-11-5-1-2-6-12(11)10-13/h1-8,13H,9-10H2,(H,16,17,18). The van der Waals surface area contributed by atoms with Gasteiger partial charge in [0, 0.05) is 0 Å². The predicted octanol–water partition coefficient (Wildman–Crippen LogP) is 2.82. The molecule has 98 valence electrons. The molecule has 1 aliphatic carbocycles. The molecule has 0 aromatic heterocycles. The van der Waals surface area contributed by atoms with E-state index in [9.17, 15) is 13.0 Å². The minimum atomic E-state index is -4.16. The first-order valence-electron chi connectivity index (χ1n) is 6.19. The average Bonchev–Trinajstić information content (AvgIpc) is 2.81.